The fourth-order valence-corrected chi connectivity index (χ4v) is 1.42. The topological polar surface area (TPSA) is 74.2 Å². The lowest BCUT2D eigenvalue weighted by Crippen LogP contribution is -2.44. The second kappa shape index (κ2) is 3.08. The van der Waals surface area contributed by atoms with Crippen molar-refractivity contribution < 1.29 is 9.26 Å². The molecule has 2 N–H and O–H groups in total. The maximum absolute atomic E-state index is 6.01. The highest BCUT2D eigenvalue weighted by molar-refractivity contribution is 5.08. The molecule has 0 aromatic carbocycles. The van der Waals surface area contributed by atoms with Crippen molar-refractivity contribution in [2.45, 2.75) is 31.4 Å². The third-order valence-electron chi connectivity index (χ3n) is 2.43. The molecule has 1 saturated carbocycles. The van der Waals surface area contributed by atoms with Gasteiger partial charge in [-0.1, -0.05) is 5.16 Å². The van der Waals surface area contributed by atoms with Gasteiger partial charge in [-0.3, -0.25) is 0 Å². The third kappa shape index (κ3) is 1.45. The van der Waals surface area contributed by atoms with Crippen LogP contribution in [0.4, 0.5) is 0 Å². The van der Waals surface area contributed by atoms with Gasteiger partial charge in [0.15, 0.2) is 5.82 Å². The van der Waals surface area contributed by atoms with Crippen molar-refractivity contribution in [1.82, 2.24) is 10.1 Å². The normalized spacial score (nSPS) is 19.8. The molecule has 5 heteroatoms. The van der Waals surface area contributed by atoms with E-state index >= 15 is 0 Å². The van der Waals surface area contributed by atoms with E-state index < -0.39 is 0 Å². The molecule has 1 heterocycles. The Labute approximate surface area is 76.3 Å². The van der Waals surface area contributed by atoms with Gasteiger partial charge in [-0.15, -0.1) is 0 Å². The zero-order valence-corrected chi connectivity index (χ0v) is 7.62. The first-order valence-corrected chi connectivity index (χ1v) is 4.35. The summed E-state index contributed by atoms with van der Waals surface area (Å²) in [6.45, 7) is 0.350. The third-order valence-corrected chi connectivity index (χ3v) is 2.43. The number of ether oxygens (including phenoxy) is 1. The number of nitrogens with zero attached hydrogens (tertiary/aromatic N) is 2. The standard InChI is InChI=1S/C8H13N3O2/c1-12-5-6-10-7(11-13-6)8(9)3-2-4-8/h2-5,9H2,1H3. The summed E-state index contributed by atoms with van der Waals surface area (Å²) in [7, 11) is 1.59. The summed E-state index contributed by atoms with van der Waals surface area (Å²) in [6.07, 6.45) is 3.03. The summed E-state index contributed by atoms with van der Waals surface area (Å²) in [4.78, 5) is 4.17. The van der Waals surface area contributed by atoms with Gasteiger partial charge < -0.3 is 15.0 Å². The van der Waals surface area contributed by atoms with Crippen LogP contribution in [-0.2, 0) is 16.9 Å². The van der Waals surface area contributed by atoms with E-state index in [1.165, 1.54) is 0 Å². The van der Waals surface area contributed by atoms with E-state index in [4.69, 9.17) is 15.0 Å². The van der Waals surface area contributed by atoms with Crippen molar-refractivity contribution in [3.63, 3.8) is 0 Å². The average molecular weight is 183 g/mol. The Morgan fingerprint density at radius 2 is 2.38 bits per heavy atom. The molecule has 0 saturated heterocycles. The van der Waals surface area contributed by atoms with Crippen LogP contribution >= 0.6 is 0 Å². The maximum atomic E-state index is 6.01. The second-order valence-corrected chi connectivity index (χ2v) is 3.45. The van der Waals surface area contributed by atoms with Crippen molar-refractivity contribution in [2.75, 3.05) is 7.11 Å². The van der Waals surface area contributed by atoms with E-state index in [1.54, 1.807) is 7.11 Å². The van der Waals surface area contributed by atoms with Gasteiger partial charge in [-0.25, -0.2) is 0 Å². The molecule has 5 nitrogen and oxygen atoms in total. The van der Waals surface area contributed by atoms with Crippen molar-refractivity contribution in [3.05, 3.63) is 11.7 Å². The molecule has 13 heavy (non-hydrogen) atoms. The minimum Gasteiger partial charge on any atom is -0.375 e. The Hall–Kier alpha value is -0.940. The largest absolute Gasteiger partial charge is 0.375 e. The van der Waals surface area contributed by atoms with E-state index in [0.29, 0.717) is 18.3 Å². The molecule has 0 spiro atoms. The number of methoxy groups -OCH3 is 1. The SMILES string of the molecule is COCc1nc(C2(N)CCC2)no1. The number of aromatic nitrogens is 2. The fourth-order valence-electron chi connectivity index (χ4n) is 1.42. The van der Waals surface area contributed by atoms with Crippen molar-refractivity contribution >= 4 is 0 Å². The van der Waals surface area contributed by atoms with Crippen LogP contribution in [0.1, 0.15) is 31.0 Å². The molecule has 0 radical (unpaired) electrons. The van der Waals surface area contributed by atoms with Crippen molar-refractivity contribution in [3.8, 4) is 0 Å². The van der Waals surface area contributed by atoms with Crippen LogP contribution in [0.2, 0.25) is 0 Å². The van der Waals surface area contributed by atoms with E-state index in [2.05, 4.69) is 10.1 Å². The molecule has 1 fully saturated rings. The summed E-state index contributed by atoms with van der Waals surface area (Å²) < 4.78 is 9.83. The molecule has 72 valence electrons. The van der Waals surface area contributed by atoms with Crippen LogP contribution in [0, 0.1) is 0 Å². The Bertz CT molecular complexity index is 293. The lowest BCUT2D eigenvalue weighted by atomic mass is 9.77. The van der Waals surface area contributed by atoms with E-state index in [9.17, 15) is 0 Å². The van der Waals surface area contributed by atoms with E-state index in [0.717, 1.165) is 19.3 Å². The molecule has 2 rings (SSSR count). The molecule has 0 aliphatic heterocycles. The average Bonchev–Trinajstić information content (AvgIpc) is 2.50. The lowest BCUT2D eigenvalue weighted by molar-refractivity contribution is 0.151. The van der Waals surface area contributed by atoms with Gasteiger partial charge >= 0.3 is 0 Å². The zero-order valence-electron chi connectivity index (χ0n) is 7.62. The zero-order chi connectivity index (χ0) is 9.31. The van der Waals surface area contributed by atoms with Gasteiger partial charge in [-0.05, 0) is 19.3 Å². The first-order valence-electron chi connectivity index (χ1n) is 4.35. The van der Waals surface area contributed by atoms with Gasteiger partial charge in [0.05, 0.1) is 5.54 Å². The molecule has 1 aliphatic carbocycles. The molecule has 0 bridgehead atoms. The molecular formula is C8H13N3O2. The highest BCUT2D eigenvalue weighted by Crippen LogP contribution is 2.36. The van der Waals surface area contributed by atoms with Crippen LogP contribution in [-0.4, -0.2) is 17.3 Å². The number of rotatable bonds is 3. The predicted molar refractivity (Wildman–Crippen MR) is 44.7 cm³/mol. The van der Waals surface area contributed by atoms with Gasteiger partial charge in [-0.2, -0.15) is 4.98 Å². The smallest absolute Gasteiger partial charge is 0.252 e. The van der Waals surface area contributed by atoms with Gasteiger partial charge in [0.1, 0.15) is 6.61 Å². The first kappa shape index (κ1) is 8.65. The first-order chi connectivity index (χ1) is 6.24. The highest BCUT2D eigenvalue weighted by atomic mass is 16.5. The second-order valence-electron chi connectivity index (χ2n) is 3.45. The summed E-state index contributed by atoms with van der Waals surface area (Å²) in [5.74, 6) is 1.11. The molecule has 1 aromatic heterocycles. The minimum atomic E-state index is -0.338. The van der Waals surface area contributed by atoms with Crippen molar-refractivity contribution in [1.29, 1.82) is 0 Å². The van der Waals surface area contributed by atoms with Crippen molar-refractivity contribution in [2.24, 2.45) is 5.73 Å². The van der Waals surface area contributed by atoms with Crippen LogP contribution in [0.25, 0.3) is 0 Å². The van der Waals surface area contributed by atoms with E-state index in [1.807, 2.05) is 0 Å². The minimum absolute atomic E-state index is 0.338. The quantitative estimate of drug-likeness (QED) is 0.740. The number of hydrogen-bond donors (Lipinski definition) is 1. The molecule has 0 atom stereocenters. The molecule has 0 amide bonds. The predicted octanol–water partition coefficient (Wildman–Crippen LogP) is 0.554. The van der Waals surface area contributed by atoms with Crippen LogP contribution in [0.15, 0.2) is 4.52 Å². The summed E-state index contributed by atoms with van der Waals surface area (Å²) in [6, 6.07) is 0. The molecule has 0 unspecified atom stereocenters. The molecule has 1 aromatic rings. The number of nitrogens with two attached hydrogens (primary N) is 1. The fraction of sp³-hybridized carbons (Fsp3) is 0.750. The summed E-state index contributed by atoms with van der Waals surface area (Å²) >= 11 is 0. The highest BCUT2D eigenvalue weighted by Gasteiger charge is 2.38. The van der Waals surface area contributed by atoms with Crippen LogP contribution < -0.4 is 5.73 Å². The number of hydrogen-bond acceptors (Lipinski definition) is 5. The Balaban J connectivity index is 2.12. The van der Waals surface area contributed by atoms with Crippen LogP contribution in [0.3, 0.4) is 0 Å². The summed E-state index contributed by atoms with van der Waals surface area (Å²) in [5.41, 5.74) is 5.67. The lowest BCUT2D eigenvalue weighted by Gasteiger charge is -2.34. The summed E-state index contributed by atoms with van der Waals surface area (Å²) in [5, 5.41) is 3.84. The maximum Gasteiger partial charge on any atom is 0.252 e. The molecular weight excluding hydrogens is 170 g/mol. The van der Waals surface area contributed by atoms with Gasteiger partial charge in [0.2, 0.25) is 0 Å². The Morgan fingerprint density at radius 3 is 2.92 bits per heavy atom. The Kier molecular flexibility index (Phi) is 2.05. The van der Waals surface area contributed by atoms with Gasteiger partial charge in [0, 0.05) is 7.11 Å². The Morgan fingerprint density at radius 1 is 1.62 bits per heavy atom. The van der Waals surface area contributed by atoms with Gasteiger partial charge in [0.25, 0.3) is 5.89 Å². The van der Waals surface area contributed by atoms with E-state index in [-0.39, 0.29) is 5.54 Å². The molecule has 1 aliphatic rings. The monoisotopic (exact) mass is 183 g/mol. The van der Waals surface area contributed by atoms with Crippen LogP contribution in [0.5, 0.6) is 0 Å².